The number of hydrogen-bond acceptors (Lipinski definition) is 3. The Balaban J connectivity index is 2.39. The summed E-state index contributed by atoms with van der Waals surface area (Å²) in [4.78, 5) is 2.32. The Morgan fingerprint density at radius 2 is 2.13 bits per heavy atom. The van der Waals surface area contributed by atoms with Gasteiger partial charge in [0.2, 0.25) is 0 Å². The number of rotatable bonds is 3. The van der Waals surface area contributed by atoms with Crippen LogP contribution in [0.5, 0.6) is 0 Å². The van der Waals surface area contributed by atoms with Crippen molar-refractivity contribution in [1.82, 2.24) is 14.7 Å². The number of nitrogens with two attached hydrogens (primary N) is 1. The molecule has 15 heavy (non-hydrogen) atoms. The SMILES string of the molecule is CC(C)n1nc(CCN)c2c1CN(C)C2. The maximum Gasteiger partial charge on any atom is 0.0685 e. The van der Waals surface area contributed by atoms with Crippen molar-refractivity contribution >= 4 is 0 Å². The fourth-order valence-corrected chi connectivity index (χ4v) is 2.25. The quantitative estimate of drug-likeness (QED) is 0.803. The zero-order valence-electron chi connectivity index (χ0n) is 9.82. The van der Waals surface area contributed by atoms with Crippen LogP contribution in [0.15, 0.2) is 0 Å². The van der Waals surface area contributed by atoms with E-state index in [1.807, 2.05) is 0 Å². The van der Waals surface area contributed by atoms with E-state index in [0.717, 1.165) is 19.5 Å². The monoisotopic (exact) mass is 208 g/mol. The smallest absolute Gasteiger partial charge is 0.0685 e. The summed E-state index contributed by atoms with van der Waals surface area (Å²) in [5, 5.41) is 4.67. The molecule has 84 valence electrons. The fourth-order valence-electron chi connectivity index (χ4n) is 2.25. The lowest BCUT2D eigenvalue weighted by Gasteiger charge is -2.11. The molecule has 4 nitrogen and oxygen atoms in total. The molecule has 1 aliphatic heterocycles. The average molecular weight is 208 g/mol. The highest BCUT2D eigenvalue weighted by atomic mass is 15.3. The lowest BCUT2D eigenvalue weighted by Crippen LogP contribution is -2.15. The topological polar surface area (TPSA) is 47.1 Å². The van der Waals surface area contributed by atoms with Gasteiger partial charge in [0.05, 0.1) is 11.4 Å². The molecule has 0 atom stereocenters. The zero-order chi connectivity index (χ0) is 11.0. The molecule has 1 aromatic heterocycles. The highest BCUT2D eigenvalue weighted by Crippen LogP contribution is 2.27. The number of aromatic nitrogens is 2. The van der Waals surface area contributed by atoms with Crippen LogP contribution in [0.25, 0.3) is 0 Å². The van der Waals surface area contributed by atoms with E-state index in [0.29, 0.717) is 12.6 Å². The molecule has 0 amide bonds. The Morgan fingerprint density at radius 3 is 2.73 bits per heavy atom. The summed E-state index contributed by atoms with van der Waals surface area (Å²) >= 11 is 0. The Bertz CT molecular complexity index is 354. The van der Waals surface area contributed by atoms with Crippen molar-refractivity contribution in [2.75, 3.05) is 13.6 Å². The van der Waals surface area contributed by atoms with Gasteiger partial charge in [0.15, 0.2) is 0 Å². The first-order chi connectivity index (χ1) is 7.13. The van der Waals surface area contributed by atoms with Crippen LogP contribution in [0.2, 0.25) is 0 Å². The molecular formula is C11H20N4. The van der Waals surface area contributed by atoms with Crippen LogP contribution >= 0.6 is 0 Å². The van der Waals surface area contributed by atoms with Crippen molar-refractivity contribution < 1.29 is 0 Å². The van der Waals surface area contributed by atoms with Gasteiger partial charge in [-0.3, -0.25) is 9.58 Å². The van der Waals surface area contributed by atoms with Crippen LogP contribution in [0.4, 0.5) is 0 Å². The van der Waals surface area contributed by atoms with Gasteiger partial charge >= 0.3 is 0 Å². The highest BCUT2D eigenvalue weighted by molar-refractivity contribution is 5.30. The molecule has 4 heteroatoms. The molecule has 2 N–H and O–H groups in total. The largest absolute Gasteiger partial charge is 0.330 e. The van der Waals surface area contributed by atoms with Crippen LogP contribution in [-0.2, 0) is 19.5 Å². The van der Waals surface area contributed by atoms with E-state index in [4.69, 9.17) is 5.73 Å². The number of nitrogens with zero attached hydrogens (tertiary/aromatic N) is 3. The van der Waals surface area contributed by atoms with Gasteiger partial charge in [-0.1, -0.05) is 0 Å². The maximum absolute atomic E-state index is 5.61. The molecule has 1 aromatic rings. The molecule has 0 aliphatic carbocycles. The lowest BCUT2D eigenvalue weighted by molar-refractivity contribution is 0.336. The van der Waals surface area contributed by atoms with Crippen LogP contribution in [0.3, 0.4) is 0 Å². The zero-order valence-corrected chi connectivity index (χ0v) is 9.82. The van der Waals surface area contributed by atoms with Crippen molar-refractivity contribution in [2.24, 2.45) is 5.73 Å². The molecular weight excluding hydrogens is 188 g/mol. The van der Waals surface area contributed by atoms with Gasteiger partial charge in [0.1, 0.15) is 0 Å². The van der Waals surface area contributed by atoms with E-state index in [9.17, 15) is 0 Å². The molecule has 0 saturated carbocycles. The summed E-state index contributed by atoms with van der Waals surface area (Å²) in [6.07, 6.45) is 0.899. The second kappa shape index (κ2) is 3.94. The normalized spacial score (nSPS) is 16.3. The Hall–Kier alpha value is -0.870. The Labute approximate surface area is 91.1 Å². The third-order valence-corrected chi connectivity index (χ3v) is 2.92. The van der Waals surface area contributed by atoms with E-state index in [2.05, 4.69) is 35.6 Å². The van der Waals surface area contributed by atoms with Gasteiger partial charge in [0.25, 0.3) is 0 Å². The van der Waals surface area contributed by atoms with E-state index in [1.165, 1.54) is 17.0 Å². The molecule has 0 spiro atoms. The molecule has 2 heterocycles. The fraction of sp³-hybridized carbons (Fsp3) is 0.727. The minimum atomic E-state index is 0.441. The van der Waals surface area contributed by atoms with Gasteiger partial charge < -0.3 is 5.73 Å². The Morgan fingerprint density at radius 1 is 1.40 bits per heavy atom. The van der Waals surface area contributed by atoms with E-state index < -0.39 is 0 Å². The summed E-state index contributed by atoms with van der Waals surface area (Å²) in [7, 11) is 2.15. The first-order valence-electron chi connectivity index (χ1n) is 5.61. The highest BCUT2D eigenvalue weighted by Gasteiger charge is 2.25. The first-order valence-corrected chi connectivity index (χ1v) is 5.61. The van der Waals surface area contributed by atoms with Gasteiger partial charge in [-0.15, -0.1) is 0 Å². The second-order valence-corrected chi connectivity index (χ2v) is 4.62. The van der Waals surface area contributed by atoms with Gasteiger partial charge in [-0.25, -0.2) is 0 Å². The second-order valence-electron chi connectivity index (χ2n) is 4.62. The van der Waals surface area contributed by atoms with Gasteiger partial charge in [-0.2, -0.15) is 5.10 Å². The molecule has 0 bridgehead atoms. The molecule has 0 fully saturated rings. The lowest BCUT2D eigenvalue weighted by atomic mass is 10.1. The van der Waals surface area contributed by atoms with Crippen molar-refractivity contribution in [2.45, 2.75) is 39.4 Å². The third kappa shape index (κ3) is 1.79. The molecule has 1 aliphatic rings. The van der Waals surface area contributed by atoms with Crippen molar-refractivity contribution in [3.05, 3.63) is 17.0 Å². The minimum Gasteiger partial charge on any atom is -0.330 e. The molecule has 2 rings (SSSR count). The average Bonchev–Trinajstić information content (AvgIpc) is 2.65. The van der Waals surface area contributed by atoms with Crippen LogP contribution in [0.1, 0.15) is 36.8 Å². The summed E-state index contributed by atoms with van der Waals surface area (Å²) in [6, 6.07) is 0.441. The summed E-state index contributed by atoms with van der Waals surface area (Å²) in [5.41, 5.74) is 9.61. The summed E-state index contributed by atoms with van der Waals surface area (Å²) in [6.45, 7) is 7.09. The van der Waals surface area contributed by atoms with Crippen molar-refractivity contribution in [3.8, 4) is 0 Å². The van der Waals surface area contributed by atoms with E-state index in [1.54, 1.807) is 0 Å². The maximum atomic E-state index is 5.61. The number of hydrogen-bond donors (Lipinski definition) is 1. The Kier molecular flexibility index (Phi) is 2.80. The van der Waals surface area contributed by atoms with E-state index >= 15 is 0 Å². The van der Waals surface area contributed by atoms with Crippen LogP contribution in [0, 0.1) is 0 Å². The first kappa shape index (κ1) is 10.6. The van der Waals surface area contributed by atoms with Crippen LogP contribution < -0.4 is 5.73 Å². The summed E-state index contributed by atoms with van der Waals surface area (Å²) < 4.78 is 2.16. The third-order valence-electron chi connectivity index (χ3n) is 2.92. The molecule has 0 aromatic carbocycles. The minimum absolute atomic E-state index is 0.441. The predicted octanol–water partition coefficient (Wildman–Crippen LogP) is 0.911. The van der Waals surface area contributed by atoms with Gasteiger partial charge in [-0.05, 0) is 27.4 Å². The van der Waals surface area contributed by atoms with Crippen molar-refractivity contribution in [3.63, 3.8) is 0 Å². The number of fused-ring (bicyclic) bond motifs is 1. The molecule has 0 unspecified atom stereocenters. The standard InChI is InChI=1S/C11H20N4/c1-8(2)15-11-7-14(3)6-9(11)10(13-15)4-5-12/h8H,4-7,12H2,1-3H3. The predicted molar refractivity (Wildman–Crippen MR) is 60.5 cm³/mol. The van der Waals surface area contributed by atoms with Crippen LogP contribution in [-0.4, -0.2) is 28.3 Å². The molecule has 0 saturated heterocycles. The van der Waals surface area contributed by atoms with Gasteiger partial charge in [0, 0.05) is 31.1 Å². The molecule has 0 radical (unpaired) electrons. The summed E-state index contributed by atoms with van der Waals surface area (Å²) in [5.74, 6) is 0. The van der Waals surface area contributed by atoms with Crippen molar-refractivity contribution in [1.29, 1.82) is 0 Å². The van der Waals surface area contributed by atoms with E-state index in [-0.39, 0.29) is 0 Å².